The van der Waals surface area contributed by atoms with E-state index in [0.717, 1.165) is 32.1 Å². The van der Waals surface area contributed by atoms with E-state index in [2.05, 4.69) is 19.2 Å². The molecule has 3 heteroatoms. The van der Waals surface area contributed by atoms with Crippen molar-refractivity contribution in [2.75, 3.05) is 0 Å². The predicted molar refractivity (Wildman–Crippen MR) is 98.4 cm³/mol. The van der Waals surface area contributed by atoms with Crippen LogP contribution < -0.4 is 5.32 Å². The van der Waals surface area contributed by atoms with Gasteiger partial charge in [-0.05, 0) is 38.0 Å². The van der Waals surface area contributed by atoms with Crippen molar-refractivity contribution in [3.8, 4) is 0 Å². The molecule has 3 unspecified atom stereocenters. The van der Waals surface area contributed by atoms with Gasteiger partial charge in [-0.2, -0.15) is 0 Å². The highest BCUT2D eigenvalue weighted by molar-refractivity contribution is 4.83. The van der Waals surface area contributed by atoms with Crippen LogP contribution in [0.15, 0.2) is 0 Å². The van der Waals surface area contributed by atoms with Crippen molar-refractivity contribution in [2.45, 2.75) is 122 Å². The standard InChI is InChI=1S/C20H41NO2/c1-3-5-6-7-8-9-13-16-19(22)21-18(4-2)20(23)17-14-11-10-12-15-17/h17-23H,3-16H2,1-2H3. The molecule has 0 aliphatic heterocycles. The Labute approximate surface area is 144 Å². The number of aliphatic hydroxyl groups is 2. The molecule has 3 nitrogen and oxygen atoms in total. The lowest BCUT2D eigenvalue weighted by Crippen LogP contribution is -2.48. The lowest BCUT2D eigenvalue weighted by atomic mass is 9.82. The minimum absolute atomic E-state index is 0.0395. The quantitative estimate of drug-likeness (QED) is 0.338. The van der Waals surface area contributed by atoms with Gasteiger partial charge in [0.2, 0.25) is 0 Å². The molecule has 0 saturated heterocycles. The number of hydrogen-bond acceptors (Lipinski definition) is 3. The summed E-state index contributed by atoms with van der Waals surface area (Å²) in [5, 5.41) is 24.1. The molecule has 0 aromatic rings. The molecule has 1 rings (SSSR count). The van der Waals surface area contributed by atoms with Gasteiger partial charge < -0.3 is 10.2 Å². The smallest absolute Gasteiger partial charge is 0.105 e. The summed E-state index contributed by atoms with van der Waals surface area (Å²) < 4.78 is 0. The number of aliphatic hydroxyl groups excluding tert-OH is 2. The molecule has 0 amide bonds. The second-order valence-corrected chi connectivity index (χ2v) is 7.50. The molecule has 1 aliphatic carbocycles. The first-order valence-corrected chi connectivity index (χ1v) is 10.3. The number of rotatable bonds is 13. The molecule has 0 aromatic carbocycles. The second-order valence-electron chi connectivity index (χ2n) is 7.50. The summed E-state index contributed by atoms with van der Waals surface area (Å²) in [4.78, 5) is 0. The van der Waals surface area contributed by atoms with Gasteiger partial charge in [-0.3, -0.25) is 5.32 Å². The van der Waals surface area contributed by atoms with Crippen LogP contribution >= 0.6 is 0 Å². The summed E-state index contributed by atoms with van der Waals surface area (Å²) >= 11 is 0. The fourth-order valence-electron chi connectivity index (χ4n) is 3.89. The van der Waals surface area contributed by atoms with E-state index in [4.69, 9.17) is 0 Å². The van der Waals surface area contributed by atoms with E-state index in [1.807, 2.05) is 0 Å². The van der Waals surface area contributed by atoms with Crippen LogP contribution in [0.25, 0.3) is 0 Å². The fourth-order valence-corrected chi connectivity index (χ4v) is 3.89. The molecule has 0 bridgehead atoms. The van der Waals surface area contributed by atoms with Crippen molar-refractivity contribution < 1.29 is 10.2 Å². The molecule has 0 aromatic heterocycles. The Bertz CT molecular complexity index is 266. The topological polar surface area (TPSA) is 52.5 Å². The average Bonchev–Trinajstić information content (AvgIpc) is 2.59. The maximum atomic E-state index is 10.6. The molecule has 1 saturated carbocycles. The highest BCUT2D eigenvalue weighted by Crippen LogP contribution is 2.28. The summed E-state index contributed by atoms with van der Waals surface area (Å²) in [6, 6.07) is 0.0395. The van der Waals surface area contributed by atoms with Gasteiger partial charge in [0.1, 0.15) is 6.23 Å². The zero-order valence-electron chi connectivity index (χ0n) is 15.6. The Morgan fingerprint density at radius 1 is 0.870 bits per heavy atom. The Hall–Kier alpha value is -0.120. The molecule has 23 heavy (non-hydrogen) atoms. The summed E-state index contributed by atoms with van der Waals surface area (Å²) in [7, 11) is 0. The molecule has 0 heterocycles. The molecule has 0 radical (unpaired) electrons. The van der Waals surface area contributed by atoms with Crippen LogP contribution in [0.4, 0.5) is 0 Å². The van der Waals surface area contributed by atoms with Gasteiger partial charge in [-0.1, -0.05) is 71.6 Å². The lowest BCUT2D eigenvalue weighted by molar-refractivity contribution is 0.0171. The number of nitrogens with one attached hydrogen (secondary N) is 1. The molecule has 0 spiro atoms. The van der Waals surface area contributed by atoms with Crippen molar-refractivity contribution >= 4 is 0 Å². The first-order chi connectivity index (χ1) is 11.2. The normalized spacial score (nSPS) is 20.3. The summed E-state index contributed by atoms with van der Waals surface area (Å²) in [6.45, 7) is 4.35. The van der Waals surface area contributed by atoms with Crippen LogP contribution in [0, 0.1) is 5.92 Å². The van der Waals surface area contributed by atoms with Crippen LogP contribution in [-0.2, 0) is 0 Å². The number of unbranched alkanes of at least 4 members (excludes halogenated alkanes) is 6. The van der Waals surface area contributed by atoms with Crippen LogP contribution in [0.5, 0.6) is 0 Å². The minimum Gasteiger partial charge on any atom is -0.391 e. The summed E-state index contributed by atoms with van der Waals surface area (Å²) in [6.07, 6.45) is 15.9. The van der Waals surface area contributed by atoms with Crippen LogP contribution in [-0.4, -0.2) is 28.6 Å². The minimum atomic E-state index is -0.464. The maximum Gasteiger partial charge on any atom is 0.105 e. The third-order valence-corrected chi connectivity index (χ3v) is 5.47. The second kappa shape index (κ2) is 13.2. The first kappa shape index (κ1) is 20.9. The third kappa shape index (κ3) is 9.07. The molecule has 3 N–H and O–H groups in total. The highest BCUT2D eigenvalue weighted by Gasteiger charge is 2.28. The highest BCUT2D eigenvalue weighted by atomic mass is 16.3. The Balaban J connectivity index is 2.15. The summed E-state index contributed by atoms with van der Waals surface area (Å²) in [5.74, 6) is 0.423. The Morgan fingerprint density at radius 3 is 2.09 bits per heavy atom. The van der Waals surface area contributed by atoms with Crippen LogP contribution in [0.2, 0.25) is 0 Å². The fraction of sp³-hybridized carbons (Fsp3) is 1.00. The molecular weight excluding hydrogens is 286 g/mol. The molecule has 138 valence electrons. The van der Waals surface area contributed by atoms with Gasteiger partial charge in [0, 0.05) is 6.04 Å². The van der Waals surface area contributed by atoms with Gasteiger partial charge in [-0.25, -0.2) is 0 Å². The molecule has 3 atom stereocenters. The Morgan fingerprint density at radius 2 is 1.48 bits per heavy atom. The molecule has 1 aliphatic rings. The largest absolute Gasteiger partial charge is 0.391 e. The molecule has 1 fully saturated rings. The molecular formula is C20H41NO2. The van der Waals surface area contributed by atoms with Crippen molar-refractivity contribution in [1.82, 2.24) is 5.32 Å². The van der Waals surface area contributed by atoms with E-state index in [9.17, 15) is 10.2 Å². The van der Waals surface area contributed by atoms with E-state index in [1.54, 1.807) is 0 Å². The summed E-state index contributed by atoms with van der Waals surface area (Å²) in [5.41, 5.74) is 0. The van der Waals surface area contributed by atoms with Gasteiger partial charge in [-0.15, -0.1) is 0 Å². The van der Waals surface area contributed by atoms with Gasteiger partial charge >= 0.3 is 0 Å². The zero-order valence-corrected chi connectivity index (χ0v) is 15.6. The van der Waals surface area contributed by atoms with E-state index >= 15 is 0 Å². The van der Waals surface area contributed by atoms with Crippen molar-refractivity contribution in [3.05, 3.63) is 0 Å². The van der Waals surface area contributed by atoms with E-state index in [-0.39, 0.29) is 12.1 Å². The average molecular weight is 328 g/mol. The van der Waals surface area contributed by atoms with Crippen LogP contribution in [0.3, 0.4) is 0 Å². The SMILES string of the molecule is CCCCCCCCCC(O)NC(CC)C(O)C1CCCCC1. The van der Waals surface area contributed by atoms with Gasteiger partial charge in [0.25, 0.3) is 0 Å². The van der Waals surface area contributed by atoms with Gasteiger partial charge in [0.15, 0.2) is 0 Å². The van der Waals surface area contributed by atoms with Crippen molar-refractivity contribution in [1.29, 1.82) is 0 Å². The number of hydrogen-bond donors (Lipinski definition) is 3. The van der Waals surface area contributed by atoms with Crippen molar-refractivity contribution in [3.63, 3.8) is 0 Å². The maximum absolute atomic E-state index is 10.6. The van der Waals surface area contributed by atoms with Gasteiger partial charge in [0.05, 0.1) is 6.10 Å². The first-order valence-electron chi connectivity index (χ1n) is 10.3. The van der Waals surface area contributed by atoms with E-state index in [1.165, 1.54) is 57.8 Å². The lowest BCUT2D eigenvalue weighted by Gasteiger charge is -2.33. The Kier molecular flexibility index (Phi) is 12.0. The van der Waals surface area contributed by atoms with Crippen molar-refractivity contribution in [2.24, 2.45) is 5.92 Å². The predicted octanol–water partition coefficient (Wildman–Crippen LogP) is 4.75. The third-order valence-electron chi connectivity index (χ3n) is 5.47. The van der Waals surface area contributed by atoms with Crippen LogP contribution in [0.1, 0.15) is 104 Å². The monoisotopic (exact) mass is 327 g/mol. The van der Waals surface area contributed by atoms with E-state index in [0.29, 0.717) is 5.92 Å². The zero-order chi connectivity index (χ0) is 16.9. The van der Waals surface area contributed by atoms with E-state index < -0.39 is 6.23 Å².